The maximum absolute atomic E-state index is 12.7. The lowest BCUT2D eigenvalue weighted by molar-refractivity contribution is 0.0954. The molecule has 1 N–H and O–H groups in total. The molecule has 2 aromatic carbocycles. The van der Waals surface area contributed by atoms with Gasteiger partial charge in [0.2, 0.25) is 10.0 Å². The molecule has 6 nitrogen and oxygen atoms in total. The Balaban J connectivity index is 1.73. The monoisotopic (exact) mass is 399 g/mol. The molecule has 0 unspecified atom stereocenters. The summed E-state index contributed by atoms with van der Waals surface area (Å²) in [6.45, 7) is 4.96. The molecular formula is C21H25N3O3S. The van der Waals surface area contributed by atoms with Crippen molar-refractivity contribution in [2.24, 2.45) is 5.10 Å². The van der Waals surface area contributed by atoms with Crippen LogP contribution >= 0.6 is 0 Å². The van der Waals surface area contributed by atoms with E-state index in [0.717, 1.165) is 24.8 Å². The molecule has 3 rings (SSSR count). The molecule has 0 spiro atoms. The number of rotatable bonds is 6. The highest BCUT2D eigenvalue weighted by molar-refractivity contribution is 7.89. The van der Waals surface area contributed by atoms with Crippen molar-refractivity contribution >= 4 is 21.6 Å². The number of sulfonamides is 1. The normalized spacial score (nSPS) is 15.6. The first kappa shape index (κ1) is 20.2. The number of hydrazone groups is 1. The molecule has 1 heterocycles. The maximum atomic E-state index is 12.7. The van der Waals surface area contributed by atoms with Crippen LogP contribution in [0.25, 0.3) is 0 Å². The van der Waals surface area contributed by atoms with Crippen molar-refractivity contribution in [2.75, 3.05) is 13.1 Å². The standard InChI is InChI=1S/C21H25N3O3S/c1-3-17-9-11-18(12-10-17)16(2)22-23-21(25)19-7-6-8-20(15-19)28(26,27)24-13-4-5-14-24/h6-12,15H,3-5,13-14H2,1-2H3,(H,23,25)/b22-16-. The Morgan fingerprint density at radius 3 is 2.39 bits per heavy atom. The fraction of sp³-hybridized carbons (Fsp3) is 0.333. The summed E-state index contributed by atoms with van der Waals surface area (Å²) in [7, 11) is -3.56. The molecule has 1 aliphatic rings. The highest BCUT2D eigenvalue weighted by Crippen LogP contribution is 2.21. The second kappa shape index (κ2) is 8.67. The van der Waals surface area contributed by atoms with Crippen molar-refractivity contribution in [1.82, 2.24) is 9.73 Å². The van der Waals surface area contributed by atoms with Gasteiger partial charge in [-0.15, -0.1) is 0 Å². The zero-order chi connectivity index (χ0) is 20.1. The van der Waals surface area contributed by atoms with Gasteiger partial charge in [-0.25, -0.2) is 13.8 Å². The number of benzene rings is 2. The summed E-state index contributed by atoms with van der Waals surface area (Å²) in [5.41, 5.74) is 5.61. The Labute approximate surface area is 166 Å². The average Bonchev–Trinajstić information content (AvgIpc) is 3.27. The van der Waals surface area contributed by atoms with Gasteiger partial charge < -0.3 is 0 Å². The van der Waals surface area contributed by atoms with E-state index in [2.05, 4.69) is 17.5 Å². The van der Waals surface area contributed by atoms with Crippen molar-refractivity contribution < 1.29 is 13.2 Å². The van der Waals surface area contributed by atoms with E-state index >= 15 is 0 Å². The second-order valence-electron chi connectivity index (χ2n) is 6.83. The third-order valence-electron chi connectivity index (χ3n) is 4.90. The molecule has 1 aliphatic heterocycles. The van der Waals surface area contributed by atoms with Gasteiger partial charge in [0.1, 0.15) is 0 Å². The maximum Gasteiger partial charge on any atom is 0.271 e. The van der Waals surface area contributed by atoms with Crippen LogP contribution in [-0.4, -0.2) is 37.4 Å². The third kappa shape index (κ3) is 4.48. The van der Waals surface area contributed by atoms with Crippen LogP contribution in [0.1, 0.15) is 48.2 Å². The number of hydrogen-bond donors (Lipinski definition) is 1. The molecule has 0 aromatic heterocycles. The lowest BCUT2D eigenvalue weighted by atomic mass is 10.1. The predicted molar refractivity (Wildman–Crippen MR) is 110 cm³/mol. The van der Waals surface area contributed by atoms with Gasteiger partial charge in [0.15, 0.2) is 0 Å². The van der Waals surface area contributed by atoms with E-state index in [1.165, 1.54) is 22.0 Å². The summed E-state index contributed by atoms with van der Waals surface area (Å²) in [5.74, 6) is -0.442. The minimum absolute atomic E-state index is 0.137. The number of aryl methyl sites for hydroxylation is 1. The van der Waals surface area contributed by atoms with Gasteiger partial charge >= 0.3 is 0 Å². The molecule has 7 heteroatoms. The van der Waals surface area contributed by atoms with Crippen LogP contribution < -0.4 is 5.43 Å². The number of hydrogen-bond acceptors (Lipinski definition) is 4. The van der Waals surface area contributed by atoms with Crippen molar-refractivity contribution in [2.45, 2.75) is 38.0 Å². The van der Waals surface area contributed by atoms with E-state index < -0.39 is 15.9 Å². The van der Waals surface area contributed by atoms with E-state index in [-0.39, 0.29) is 10.5 Å². The summed E-state index contributed by atoms with van der Waals surface area (Å²) in [4.78, 5) is 12.6. The molecule has 0 saturated carbocycles. The first-order valence-electron chi connectivity index (χ1n) is 9.46. The van der Waals surface area contributed by atoms with Gasteiger partial charge in [-0.2, -0.15) is 9.41 Å². The highest BCUT2D eigenvalue weighted by atomic mass is 32.2. The molecular weight excluding hydrogens is 374 g/mol. The van der Waals surface area contributed by atoms with Crippen LogP contribution in [0.4, 0.5) is 0 Å². The zero-order valence-electron chi connectivity index (χ0n) is 16.2. The molecule has 148 valence electrons. The van der Waals surface area contributed by atoms with Crippen LogP contribution in [-0.2, 0) is 16.4 Å². The summed E-state index contributed by atoms with van der Waals surface area (Å²) in [6, 6.07) is 14.1. The Morgan fingerprint density at radius 2 is 1.75 bits per heavy atom. The summed E-state index contributed by atoms with van der Waals surface area (Å²) in [5, 5.41) is 4.15. The number of carbonyl (C=O) groups is 1. The van der Waals surface area contributed by atoms with Crippen LogP contribution in [0.2, 0.25) is 0 Å². The van der Waals surface area contributed by atoms with E-state index in [0.29, 0.717) is 18.8 Å². The lowest BCUT2D eigenvalue weighted by Crippen LogP contribution is -2.28. The molecule has 1 fully saturated rings. The Morgan fingerprint density at radius 1 is 1.07 bits per heavy atom. The third-order valence-corrected chi connectivity index (χ3v) is 6.80. The van der Waals surface area contributed by atoms with E-state index in [1.54, 1.807) is 12.1 Å². The van der Waals surface area contributed by atoms with E-state index in [1.807, 2.05) is 31.2 Å². The summed E-state index contributed by atoms with van der Waals surface area (Å²) in [6.07, 6.45) is 2.70. The lowest BCUT2D eigenvalue weighted by Gasteiger charge is -2.15. The fourth-order valence-electron chi connectivity index (χ4n) is 3.12. The zero-order valence-corrected chi connectivity index (χ0v) is 17.0. The Hall–Kier alpha value is -2.51. The van der Waals surface area contributed by atoms with Crippen LogP contribution in [0, 0.1) is 0 Å². The van der Waals surface area contributed by atoms with Crippen molar-refractivity contribution in [3.05, 3.63) is 65.2 Å². The number of nitrogens with one attached hydrogen (secondary N) is 1. The minimum Gasteiger partial charge on any atom is -0.267 e. The van der Waals surface area contributed by atoms with Crippen LogP contribution in [0.15, 0.2) is 58.5 Å². The second-order valence-corrected chi connectivity index (χ2v) is 8.77. The van der Waals surface area contributed by atoms with E-state index in [9.17, 15) is 13.2 Å². The Bertz CT molecular complexity index is 976. The molecule has 2 aromatic rings. The summed E-state index contributed by atoms with van der Waals surface area (Å²) < 4.78 is 26.8. The van der Waals surface area contributed by atoms with Crippen molar-refractivity contribution in [3.63, 3.8) is 0 Å². The summed E-state index contributed by atoms with van der Waals surface area (Å²) >= 11 is 0. The van der Waals surface area contributed by atoms with Gasteiger partial charge in [0.25, 0.3) is 5.91 Å². The number of amides is 1. The molecule has 0 aliphatic carbocycles. The van der Waals surface area contributed by atoms with Crippen molar-refractivity contribution in [1.29, 1.82) is 0 Å². The first-order chi connectivity index (χ1) is 13.4. The fourth-order valence-corrected chi connectivity index (χ4v) is 4.68. The van der Waals surface area contributed by atoms with Crippen molar-refractivity contribution in [3.8, 4) is 0 Å². The topological polar surface area (TPSA) is 78.8 Å². The molecule has 28 heavy (non-hydrogen) atoms. The van der Waals surface area contributed by atoms with Crippen LogP contribution in [0.5, 0.6) is 0 Å². The highest BCUT2D eigenvalue weighted by Gasteiger charge is 2.27. The van der Waals surface area contributed by atoms with Crippen LogP contribution in [0.3, 0.4) is 0 Å². The molecule has 1 saturated heterocycles. The van der Waals surface area contributed by atoms with Gasteiger partial charge in [-0.3, -0.25) is 4.79 Å². The average molecular weight is 400 g/mol. The molecule has 0 bridgehead atoms. The largest absolute Gasteiger partial charge is 0.271 e. The predicted octanol–water partition coefficient (Wildman–Crippen LogP) is 3.19. The van der Waals surface area contributed by atoms with Gasteiger partial charge in [-0.05, 0) is 55.5 Å². The van der Waals surface area contributed by atoms with Gasteiger partial charge in [0, 0.05) is 18.7 Å². The SMILES string of the molecule is CCc1ccc(/C(C)=N\NC(=O)c2cccc(S(=O)(=O)N3CCCC3)c2)cc1. The minimum atomic E-state index is -3.56. The first-order valence-corrected chi connectivity index (χ1v) is 10.9. The molecule has 1 amide bonds. The van der Waals surface area contributed by atoms with E-state index in [4.69, 9.17) is 0 Å². The molecule has 0 radical (unpaired) electrons. The Kier molecular flexibility index (Phi) is 6.26. The quantitative estimate of drug-likeness (QED) is 0.598. The van der Waals surface area contributed by atoms with Gasteiger partial charge in [-0.1, -0.05) is 37.3 Å². The molecule has 0 atom stereocenters. The number of carbonyl (C=O) groups excluding carboxylic acids is 1. The number of nitrogens with zero attached hydrogens (tertiary/aromatic N) is 2. The van der Waals surface area contributed by atoms with Gasteiger partial charge in [0.05, 0.1) is 10.6 Å². The smallest absolute Gasteiger partial charge is 0.267 e.